The van der Waals surface area contributed by atoms with E-state index in [0.717, 1.165) is 12.5 Å². The van der Waals surface area contributed by atoms with Crippen LogP contribution in [0.5, 0.6) is 0 Å². The van der Waals surface area contributed by atoms with Gasteiger partial charge in [-0.25, -0.2) is 0 Å². The molecule has 1 aromatic heterocycles. The number of hydrogen-bond donors (Lipinski definition) is 1. The summed E-state index contributed by atoms with van der Waals surface area (Å²) in [4.78, 5) is 4.08. The van der Waals surface area contributed by atoms with E-state index in [1.807, 2.05) is 11.3 Å². The lowest BCUT2D eigenvalue weighted by atomic mass is 9.97. The van der Waals surface area contributed by atoms with Crippen LogP contribution < -0.4 is 5.32 Å². The van der Waals surface area contributed by atoms with Crippen molar-refractivity contribution in [2.45, 2.75) is 26.3 Å². The van der Waals surface area contributed by atoms with Gasteiger partial charge in [0, 0.05) is 18.0 Å². The Morgan fingerprint density at radius 1 is 1.44 bits per heavy atom. The van der Waals surface area contributed by atoms with Crippen molar-refractivity contribution in [2.24, 2.45) is 5.92 Å². The van der Waals surface area contributed by atoms with Gasteiger partial charge in [-0.15, -0.1) is 11.3 Å². The molecule has 0 atom stereocenters. The molecule has 0 spiro atoms. The molecule has 0 bridgehead atoms. The predicted octanol–water partition coefficient (Wildman–Crippen LogP) is 2.57. The Bertz CT molecular complexity index is 278. The SMILES string of the molecule is CCN(Cc1cccs1)CC1CCNCC1. The Kier molecular flexibility index (Phi) is 4.82. The van der Waals surface area contributed by atoms with Gasteiger partial charge >= 0.3 is 0 Å². The summed E-state index contributed by atoms with van der Waals surface area (Å²) >= 11 is 1.87. The van der Waals surface area contributed by atoms with Gasteiger partial charge < -0.3 is 5.32 Å². The third kappa shape index (κ3) is 3.58. The fourth-order valence-corrected chi connectivity index (χ4v) is 3.10. The van der Waals surface area contributed by atoms with Crippen molar-refractivity contribution in [1.29, 1.82) is 0 Å². The topological polar surface area (TPSA) is 15.3 Å². The molecule has 0 amide bonds. The van der Waals surface area contributed by atoms with E-state index in [2.05, 4.69) is 34.7 Å². The highest BCUT2D eigenvalue weighted by atomic mass is 32.1. The maximum atomic E-state index is 3.44. The van der Waals surface area contributed by atoms with Crippen LogP contribution in [0.2, 0.25) is 0 Å². The molecule has 0 unspecified atom stereocenters. The summed E-state index contributed by atoms with van der Waals surface area (Å²) in [5, 5.41) is 5.61. The van der Waals surface area contributed by atoms with Crippen molar-refractivity contribution in [3.63, 3.8) is 0 Å². The van der Waals surface area contributed by atoms with Crippen LogP contribution in [0.3, 0.4) is 0 Å². The molecule has 2 heterocycles. The van der Waals surface area contributed by atoms with Gasteiger partial charge in [0.1, 0.15) is 0 Å². The highest BCUT2D eigenvalue weighted by molar-refractivity contribution is 7.09. The van der Waals surface area contributed by atoms with Crippen LogP contribution >= 0.6 is 11.3 Å². The smallest absolute Gasteiger partial charge is 0.0327 e. The minimum Gasteiger partial charge on any atom is -0.317 e. The molecular weight excluding hydrogens is 216 g/mol. The van der Waals surface area contributed by atoms with Gasteiger partial charge in [0.25, 0.3) is 0 Å². The molecule has 0 aliphatic carbocycles. The van der Waals surface area contributed by atoms with E-state index >= 15 is 0 Å². The zero-order valence-corrected chi connectivity index (χ0v) is 10.9. The maximum Gasteiger partial charge on any atom is 0.0327 e. The number of thiophene rings is 1. The molecule has 1 N–H and O–H groups in total. The van der Waals surface area contributed by atoms with E-state index < -0.39 is 0 Å². The molecule has 16 heavy (non-hydrogen) atoms. The molecule has 0 saturated carbocycles. The molecule has 0 radical (unpaired) electrons. The quantitative estimate of drug-likeness (QED) is 0.848. The molecule has 1 aromatic rings. The van der Waals surface area contributed by atoms with E-state index in [1.54, 1.807) is 0 Å². The van der Waals surface area contributed by atoms with Crippen molar-refractivity contribution in [3.8, 4) is 0 Å². The minimum atomic E-state index is 0.904. The maximum absolute atomic E-state index is 3.44. The van der Waals surface area contributed by atoms with Gasteiger partial charge in [-0.05, 0) is 49.8 Å². The predicted molar refractivity (Wildman–Crippen MR) is 70.9 cm³/mol. The first-order chi connectivity index (χ1) is 7.88. The summed E-state index contributed by atoms with van der Waals surface area (Å²) in [6, 6.07) is 4.40. The van der Waals surface area contributed by atoms with Crippen LogP contribution in [-0.4, -0.2) is 31.1 Å². The molecule has 1 aliphatic rings. The highest BCUT2D eigenvalue weighted by Crippen LogP contribution is 2.17. The second kappa shape index (κ2) is 6.38. The molecule has 1 fully saturated rings. The van der Waals surface area contributed by atoms with Gasteiger partial charge in [0.15, 0.2) is 0 Å². The number of rotatable bonds is 5. The fourth-order valence-electron chi connectivity index (χ4n) is 2.36. The van der Waals surface area contributed by atoms with Crippen LogP contribution in [0.25, 0.3) is 0 Å². The van der Waals surface area contributed by atoms with Crippen LogP contribution in [-0.2, 0) is 6.54 Å². The Morgan fingerprint density at radius 3 is 2.88 bits per heavy atom. The second-order valence-electron chi connectivity index (χ2n) is 4.60. The standard InChI is InChI=1S/C13H22N2S/c1-2-15(11-13-4-3-9-16-13)10-12-5-7-14-8-6-12/h3-4,9,12,14H,2,5-8,10-11H2,1H3. The van der Waals surface area contributed by atoms with Gasteiger partial charge in [-0.3, -0.25) is 4.90 Å². The van der Waals surface area contributed by atoms with Crippen molar-refractivity contribution >= 4 is 11.3 Å². The summed E-state index contributed by atoms with van der Waals surface area (Å²) in [6.45, 7) is 8.27. The zero-order valence-electron chi connectivity index (χ0n) is 10.1. The van der Waals surface area contributed by atoms with Gasteiger partial charge in [0.05, 0.1) is 0 Å². The molecule has 1 aliphatic heterocycles. The van der Waals surface area contributed by atoms with Crippen LogP contribution in [0.1, 0.15) is 24.6 Å². The first kappa shape index (κ1) is 12.1. The first-order valence-electron chi connectivity index (χ1n) is 6.34. The number of piperidine rings is 1. The fraction of sp³-hybridized carbons (Fsp3) is 0.692. The normalized spacial score (nSPS) is 18.1. The molecular formula is C13H22N2S. The summed E-state index contributed by atoms with van der Waals surface area (Å²) in [5.41, 5.74) is 0. The number of nitrogens with zero attached hydrogens (tertiary/aromatic N) is 1. The van der Waals surface area contributed by atoms with Crippen molar-refractivity contribution in [3.05, 3.63) is 22.4 Å². The number of hydrogen-bond acceptors (Lipinski definition) is 3. The minimum absolute atomic E-state index is 0.904. The average molecular weight is 238 g/mol. The van der Waals surface area contributed by atoms with Crippen molar-refractivity contribution < 1.29 is 0 Å². The Balaban J connectivity index is 1.80. The van der Waals surface area contributed by atoms with E-state index in [4.69, 9.17) is 0 Å². The summed E-state index contributed by atoms with van der Waals surface area (Å²) in [7, 11) is 0. The summed E-state index contributed by atoms with van der Waals surface area (Å²) in [6.07, 6.45) is 2.70. The third-order valence-electron chi connectivity index (χ3n) is 3.38. The molecule has 2 nitrogen and oxygen atoms in total. The zero-order chi connectivity index (χ0) is 11.2. The molecule has 2 rings (SSSR count). The summed E-state index contributed by atoms with van der Waals surface area (Å²) in [5.74, 6) is 0.904. The van der Waals surface area contributed by atoms with Crippen LogP contribution in [0.15, 0.2) is 17.5 Å². The lowest BCUT2D eigenvalue weighted by Gasteiger charge is -2.29. The lowest BCUT2D eigenvalue weighted by molar-refractivity contribution is 0.208. The van der Waals surface area contributed by atoms with E-state index in [-0.39, 0.29) is 0 Å². The molecule has 3 heteroatoms. The third-order valence-corrected chi connectivity index (χ3v) is 4.24. The number of nitrogens with one attached hydrogen (secondary N) is 1. The Hall–Kier alpha value is -0.380. The van der Waals surface area contributed by atoms with Crippen molar-refractivity contribution in [1.82, 2.24) is 10.2 Å². The van der Waals surface area contributed by atoms with Crippen molar-refractivity contribution in [2.75, 3.05) is 26.2 Å². The van der Waals surface area contributed by atoms with E-state index in [9.17, 15) is 0 Å². The lowest BCUT2D eigenvalue weighted by Crippen LogP contribution is -2.35. The van der Waals surface area contributed by atoms with Crippen LogP contribution in [0, 0.1) is 5.92 Å². The van der Waals surface area contributed by atoms with E-state index in [1.165, 1.54) is 43.9 Å². The largest absolute Gasteiger partial charge is 0.317 e. The van der Waals surface area contributed by atoms with Gasteiger partial charge in [0.2, 0.25) is 0 Å². The Morgan fingerprint density at radius 2 is 2.25 bits per heavy atom. The highest BCUT2D eigenvalue weighted by Gasteiger charge is 2.16. The van der Waals surface area contributed by atoms with E-state index in [0.29, 0.717) is 0 Å². The molecule has 1 saturated heterocycles. The summed E-state index contributed by atoms with van der Waals surface area (Å²) < 4.78 is 0. The van der Waals surface area contributed by atoms with Crippen LogP contribution in [0.4, 0.5) is 0 Å². The molecule has 90 valence electrons. The van der Waals surface area contributed by atoms with Gasteiger partial charge in [-0.2, -0.15) is 0 Å². The monoisotopic (exact) mass is 238 g/mol. The first-order valence-corrected chi connectivity index (χ1v) is 7.22. The Labute approximate surface area is 103 Å². The van der Waals surface area contributed by atoms with Gasteiger partial charge in [-0.1, -0.05) is 13.0 Å². The molecule has 0 aromatic carbocycles. The average Bonchev–Trinajstić information content (AvgIpc) is 2.82. The second-order valence-corrected chi connectivity index (χ2v) is 5.63.